The Morgan fingerprint density at radius 2 is 2.00 bits per heavy atom. The van der Waals surface area contributed by atoms with Crippen LogP contribution in [0.2, 0.25) is 0 Å². The third-order valence-electron chi connectivity index (χ3n) is 4.30. The molecule has 1 aliphatic rings. The van der Waals surface area contributed by atoms with Crippen LogP contribution in [0.15, 0.2) is 24.3 Å². The molecule has 0 bridgehead atoms. The SMILES string of the molecule is CSC(C)(C1CCCC1)n1nnc2ccccc21. The minimum Gasteiger partial charge on any atom is -0.229 e. The van der Waals surface area contributed by atoms with Gasteiger partial charge >= 0.3 is 0 Å². The lowest BCUT2D eigenvalue weighted by Crippen LogP contribution is -2.34. The molecule has 4 heteroatoms. The van der Waals surface area contributed by atoms with Gasteiger partial charge in [0.1, 0.15) is 10.4 Å². The molecule has 1 unspecified atom stereocenters. The van der Waals surface area contributed by atoms with E-state index in [0.29, 0.717) is 5.92 Å². The highest BCUT2D eigenvalue weighted by atomic mass is 32.2. The minimum absolute atomic E-state index is 0.0343. The second-order valence-electron chi connectivity index (χ2n) is 5.23. The predicted molar refractivity (Wildman–Crippen MR) is 76.6 cm³/mol. The molecule has 1 heterocycles. The van der Waals surface area contributed by atoms with E-state index in [4.69, 9.17) is 0 Å². The van der Waals surface area contributed by atoms with Crippen molar-refractivity contribution in [2.75, 3.05) is 6.26 Å². The number of benzene rings is 1. The lowest BCUT2D eigenvalue weighted by Gasteiger charge is -2.34. The maximum absolute atomic E-state index is 4.43. The second-order valence-corrected chi connectivity index (χ2v) is 6.46. The average Bonchev–Trinajstić information content (AvgIpc) is 3.07. The molecule has 0 N–H and O–H groups in total. The van der Waals surface area contributed by atoms with Crippen LogP contribution in [0.1, 0.15) is 32.6 Å². The molecule has 1 fully saturated rings. The molecular formula is C14H19N3S. The summed E-state index contributed by atoms with van der Waals surface area (Å²) in [5.41, 5.74) is 2.15. The summed E-state index contributed by atoms with van der Waals surface area (Å²) in [5.74, 6) is 0.706. The summed E-state index contributed by atoms with van der Waals surface area (Å²) in [7, 11) is 0. The Morgan fingerprint density at radius 1 is 1.28 bits per heavy atom. The van der Waals surface area contributed by atoms with Gasteiger partial charge in [0, 0.05) is 0 Å². The fourth-order valence-corrected chi connectivity index (χ4v) is 3.96. The highest BCUT2D eigenvalue weighted by Gasteiger charge is 2.38. The Kier molecular flexibility index (Phi) is 3.06. The molecule has 3 rings (SSSR count). The molecule has 0 amide bonds. The molecule has 96 valence electrons. The fourth-order valence-electron chi connectivity index (χ4n) is 3.08. The van der Waals surface area contributed by atoms with Crippen molar-refractivity contribution in [3.05, 3.63) is 24.3 Å². The minimum atomic E-state index is 0.0343. The van der Waals surface area contributed by atoms with E-state index in [1.165, 1.54) is 25.7 Å². The number of thioether (sulfide) groups is 1. The van der Waals surface area contributed by atoms with Crippen LogP contribution >= 0.6 is 11.8 Å². The van der Waals surface area contributed by atoms with Crippen molar-refractivity contribution in [2.24, 2.45) is 5.92 Å². The normalized spacial score (nSPS) is 20.3. The van der Waals surface area contributed by atoms with E-state index in [1.807, 2.05) is 23.9 Å². The first-order valence-electron chi connectivity index (χ1n) is 6.62. The van der Waals surface area contributed by atoms with E-state index in [0.717, 1.165) is 11.0 Å². The van der Waals surface area contributed by atoms with Crippen molar-refractivity contribution < 1.29 is 0 Å². The van der Waals surface area contributed by atoms with Gasteiger partial charge in [-0.05, 0) is 44.1 Å². The van der Waals surface area contributed by atoms with Crippen molar-refractivity contribution in [1.82, 2.24) is 15.0 Å². The van der Waals surface area contributed by atoms with Gasteiger partial charge in [-0.1, -0.05) is 30.2 Å². The first kappa shape index (κ1) is 12.0. The van der Waals surface area contributed by atoms with Crippen LogP contribution in [-0.2, 0) is 4.87 Å². The number of hydrogen-bond acceptors (Lipinski definition) is 3. The molecule has 1 aromatic carbocycles. The van der Waals surface area contributed by atoms with Crippen LogP contribution < -0.4 is 0 Å². The summed E-state index contributed by atoms with van der Waals surface area (Å²) < 4.78 is 2.14. The molecule has 3 nitrogen and oxygen atoms in total. The van der Waals surface area contributed by atoms with Gasteiger partial charge in [-0.2, -0.15) is 0 Å². The van der Waals surface area contributed by atoms with Gasteiger partial charge in [0.05, 0.1) is 5.52 Å². The first-order chi connectivity index (χ1) is 8.75. The maximum Gasteiger partial charge on any atom is 0.113 e. The molecular weight excluding hydrogens is 242 g/mol. The number of nitrogens with zero attached hydrogens (tertiary/aromatic N) is 3. The van der Waals surface area contributed by atoms with Gasteiger partial charge in [0.15, 0.2) is 0 Å². The number of para-hydroxylation sites is 1. The summed E-state index contributed by atoms with van der Waals surface area (Å²) in [6.45, 7) is 2.31. The third-order valence-corrected chi connectivity index (χ3v) is 5.63. The molecule has 0 aliphatic heterocycles. The summed E-state index contributed by atoms with van der Waals surface area (Å²) in [6.07, 6.45) is 7.52. The van der Waals surface area contributed by atoms with Gasteiger partial charge in [-0.3, -0.25) is 0 Å². The zero-order chi connectivity index (χ0) is 12.6. The Hall–Kier alpha value is -1.03. The molecule has 18 heavy (non-hydrogen) atoms. The van der Waals surface area contributed by atoms with Gasteiger partial charge in [-0.25, -0.2) is 4.68 Å². The Labute approximate surface area is 112 Å². The summed E-state index contributed by atoms with van der Waals surface area (Å²) in [6, 6.07) is 8.25. The largest absolute Gasteiger partial charge is 0.229 e. The quantitative estimate of drug-likeness (QED) is 0.845. The average molecular weight is 261 g/mol. The molecule has 2 aromatic rings. The van der Waals surface area contributed by atoms with Crippen molar-refractivity contribution in [3.63, 3.8) is 0 Å². The van der Waals surface area contributed by atoms with Gasteiger partial charge in [0.25, 0.3) is 0 Å². The first-order valence-corrected chi connectivity index (χ1v) is 7.84. The van der Waals surface area contributed by atoms with Crippen molar-refractivity contribution in [2.45, 2.75) is 37.5 Å². The summed E-state index contributed by atoms with van der Waals surface area (Å²) >= 11 is 1.90. The number of fused-ring (bicyclic) bond motifs is 1. The van der Waals surface area contributed by atoms with Gasteiger partial charge in [-0.15, -0.1) is 16.9 Å². The number of hydrogen-bond donors (Lipinski definition) is 0. The Morgan fingerprint density at radius 3 is 2.72 bits per heavy atom. The van der Waals surface area contributed by atoms with Crippen molar-refractivity contribution >= 4 is 22.8 Å². The lowest BCUT2D eigenvalue weighted by molar-refractivity contribution is 0.294. The number of rotatable bonds is 3. The monoisotopic (exact) mass is 261 g/mol. The van der Waals surface area contributed by atoms with Crippen LogP contribution in [0, 0.1) is 5.92 Å². The van der Waals surface area contributed by atoms with E-state index in [1.54, 1.807) is 0 Å². The second kappa shape index (κ2) is 4.57. The summed E-state index contributed by atoms with van der Waals surface area (Å²) in [4.78, 5) is 0.0343. The highest BCUT2D eigenvalue weighted by Crippen LogP contribution is 2.45. The van der Waals surface area contributed by atoms with E-state index < -0.39 is 0 Å². The van der Waals surface area contributed by atoms with E-state index >= 15 is 0 Å². The van der Waals surface area contributed by atoms with E-state index in [2.05, 4.69) is 40.3 Å². The van der Waals surface area contributed by atoms with E-state index in [9.17, 15) is 0 Å². The van der Waals surface area contributed by atoms with Crippen LogP contribution in [0.3, 0.4) is 0 Å². The third kappa shape index (κ3) is 1.74. The number of aromatic nitrogens is 3. The van der Waals surface area contributed by atoms with Crippen molar-refractivity contribution in [3.8, 4) is 0 Å². The Balaban J connectivity index is 2.10. The standard InChI is InChI=1S/C14H19N3S/c1-14(18-2,11-7-3-4-8-11)17-13-10-6-5-9-12(13)15-16-17/h5-6,9-11H,3-4,7-8H2,1-2H3. The van der Waals surface area contributed by atoms with Gasteiger partial charge in [0.2, 0.25) is 0 Å². The van der Waals surface area contributed by atoms with Crippen LogP contribution in [0.5, 0.6) is 0 Å². The molecule has 0 radical (unpaired) electrons. The molecule has 1 aliphatic carbocycles. The molecule has 0 saturated heterocycles. The fraction of sp³-hybridized carbons (Fsp3) is 0.571. The van der Waals surface area contributed by atoms with Crippen molar-refractivity contribution in [1.29, 1.82) is 0 Å². The van der Waals surface area contributed by atoms with E-state index in [-0.39, 0.29) is 4.87 Å². The zero-order valence-corrected chi connectivity index (χ0v) is 11.8. The van der Waals surface area contributed by atoms with Crippen LogP contribution in [0.4, 0.5) is 0 Å². The zero-order valence-electron chi connectivity index (χ0n) is 11.0. The predicted octanol–water partition coefficient (Wildman–Crippen LogP) is 3.66. The molecule has 1 saturated carbocycles. The van der Waals surface area contributed by atoms with Crippen LogP contribution in [-0.4, -0.2) is 21.2 Å². The lowest BCUT2D eigenvalue weighted by atomic mass is 9.99. The topological polar surface area (TPSA) is 30.7 Å². The molecule has 1 atom stereocenters. The highest BCUT2D eigenvalue weighted by molar-refractivity contribution is 7.99. The Bertz CT molecular complexity index is 545. The molecule has 0 spiro atoms. The van der Waals surface area contributed by atoms with Crippen LogP contribution in [0.25, 0.3) is 11.0 Å². The summed E-state index contributed by atoms with van der Waals surface area (Å²) in [5, 5.41) is 8.73. The maximum atomic E-state index is 4.43. The van der Waals surface area contributed by atoms with Gasteiger partial charge < -0.3 is 0 Å². The smallest absolute Gasteiger partial charge is 0.113 e. The molecule has 1 aromatic heterocycles.